The van der Waals surface area contributed by atoms with E-state index in [-0.39, 0.29) is 12.4 Å². The maximum Gasteiger partial charge on any atom is 0.159 e. The summed E-state index contributed by atoms with van der Waals surface area (Å²) in [4.78, 5) is 10.6. The first-order chi connectivity index (χ1) is 4.83. The van der Waals surface area contributed by atoms with Crippen LogP contribution in [0.2, 0.25) is 0 Å². The van der Waals surface area contributed by atoms with Crippen molar-refractivity contribution in [2.75, 3.05) is 6.61 Å². The van der Waals surface area contributed by atoms with Crippen LogP contribution in [-0.4, -0.2) is 12.4 Å². The van der Waals surface area contributed by atoms with Crippen molar-refractivity contribution in [2.45, 2.75) is 12.8 Å². The Kier molecular flexibility index (Phi) is 2.11. The Bertz CT molecular complexity index is 208. The minimum absolute atomic E-state index is 0.132. The maximum absolute atomic E-state index is 10.6. The van der Waals surface area contributed by atoms with Crippen molar-refractivity contribution in [3.8, 4) is 12.3 Å². The molecule has 0 amide bonds. The third kappa shape index (κ3) is 1.63. The fourth-order valence-electron chi connectivity index (χ4n) is 0.818. The second-order valence-electron chi connectivity index (χ2n) is 2.07. The van der Waals surface area contributed by atoms with E-state index >= 15 is 0 Å². The van der Waals surface area contributed by atoms with E-state index in [0.717, 1.165) is 5.76 Å². The van der Waals surface area contributed by atoms with Gasteiger partial charge in [-0.1, -0.05) is 5.92 Å². The van der Waals surface area contributed by atoms with Crippen LogP contribution in [0.5, 0.6) is 0 Å². The van der Waals surface area contributed by atoms with Crippen LogP contribution >= 0.6 is 0 Å². The Balaban J connectivity index is 2.37. The van der Waals surface area contributed by atoms with Crippen LogP contribution in [0.1, 0.15) is 12.8 Å². The van der Waals surface area contributed by atoms with E-state index < -0.39 is 0 Å². The molecule has 0 fully saturated rings. The molecule has 0 saturated heterocycles. The van der Waals surface area contributed by atoms with Gasteiger partial charge >= 0.3 is 0 Å². The van der Waals surface area contributed by atoms with Crippen molar-refractivity contribution < 1.29 is 9.53 Å². The predicted molar refractivity (Wildman–Crippen MR) is 37.1 cm³/mol. The van der Waals surface area contributed by atoms with E-state index in [9.17, 15) is 4.79 Å². The Hall–Kier alpha value is -1.23. The zero-order chi connectivity index (χ0) is 7.40. The predicted octanol–water partition coefficient (Wildman–Crippen LogP) is 0.883. The second-order valence-corrected chi connectivity index (χ2v) is 2.07. The lowest BCUT2D eigenvalue weighted by atomic mass is 10.3. The van der Waals surface area contributed by atoms with E-state index in [1.54, 1.807) is 0 Å². The van der Waals surface area contributed by atoms with Crippen LogP contribution in [-0.2, 0) is 9.53 Å². The van der Waals surface area contributed by atoms with Gasteiger partial charge in [0.15, 0.2) is 5.78 Å². The number of ether oxygens (including phenoxy) is 1. The lowest BCUT2D eigenvalue weighted by molar-refractivity contribution is -0.114. The van der Waals surface area contributed by atoms with E-state index in [4.69, 9.17) is 11.2 Å². The number of hydrogen-bond donors (Lipinski definition) is 0. The summed E-state index contributed by atoms with van der Waals surface area (Å²) in [5.74, 6) is 3.19. The van der Waals surface area contributed by atoms with Gasteiger partial charge in [0.2, 0.25) is 0 Å². The Morgan fingerprint density at radius 2 is 2.50 bits per heavy atom. The van der Waals surface area contributed by atoms with Gasteiger partial charge in [0.25, 0.3) is 0 Å². The molecule has 52 valence electrons. The number of terminal acetylenes is 1. The molecule has 1 rings (SSSR count). The van der Waals surface area contributed by atoms with Crippen LogP contribution in [0, 0.1) is 12.3 Å². The number of carbonyl (C=O) groups excluding carboxylic acids is 1. The molecule has 0 spiro atoms. The summed E-state index contributed by atoms with van der Waals surface area (Å²) in [6.07, 6.45) is 7.74. The first kappa shape index (κ1) is 6.88. The second kappa shape index (κ2) is 3.07. The average molecular weight is 136 g/mol. The van der Waals surface area contributed by atoms with Crippen LogP contribution in [0.3, 0.4) is 0 Å². The van der Waals surface area contributed by atoms with Crippen molar-refractivity contribution in [3.63, 3.8) is 0 Å². The molecule has 2 nitrogen and oxygen atoms in total. The van der Waals surface area contributed by atoms with Crippen LogP contribution < -0.4 is 0 Å². The van der Waals surface area contributed by atoms with Gasteiger partial charge in [-0.05, 0) is 0 Å². The normalized spacial score (nSPS) is 16.3. The fourth-order valence-corrected chi connectivity index (χ4v) is 0.818. The zero-order valence-corrected chi connectivity index (χ0v) is 5.59. The first-order valence-corrected chi connectivity index (χ1v) is 3.12. The molecule has 0 aromatic heterocycles. The SMILES string of the molecule is C#CCOC1=CC(=O)CC1. The summed E-state index contributed by atoms with van der Waals surface area (Å²) < 4.78 is 5.03. The molecule has 0 radical (unpaired) electrons. The molecule has 0 bridgehead atoms. The smallest absolute Gasteiger partial charge is 0.159 e. The molecular weight excluding hydrogens is 128 g/mol. The van der Waals surface area contributed by atoms with Crippen molar-refractivity contribution in [1.29, 1.82) is 0 Å². The highest BCUT2D eigenvalue weighted by Gasteiger charge is 2.11. The molecule has 0 aliphatic heterocycles. The summed E-state index contributed by atoms with van der Waals surface area (Å²) in [7, 11) is 0. The monoisotopic (exact) mass is 136 g/mol. The van der Waals surface area contributed by atoms with Gasteiger partial charge in [0, 0.05) is 18.9 Å². The maximum atomic E-state index is 10.6. The van der Waals surface area contributed by atoms with Crippen molar-refractivity contribution in [2.24, 2.45) is 0 Å². The van der Waals surface area contributed by atoms with Crippen molar-refractivity contribution in [1.82, 2.24) is 0 Å². The molecule has 10 heavy (non-hydrogen) atoms. The topological polar surface area (TPSA) is 26.3 Å². The number of hydrogen-bond acceptors (Lipinski definition) is 2. The van der Waals surface area contributed by atoms with Crippen LogP contribution in [0.15, 0.2) is 11.8 Å². The van der Waals surface area contributed by atoms with E-state index in [2.05, 4.69) is 5.92 Å². The lowest BCUT2D eigenvalue weighted by Crippen LogP contribution is -1.88. The summed E-state index contributed by atoms with van der Waals surface area (Å²) in [6.45, 7) is 0.263. The molecular formula is C8H8O2. The Morgan fingerprint density at radius 1 is 1.70 bits per heavy atom. The molecule has 1 aliphatic rings. The summed E-state index contributed by atoms with van der Waals surface area (Å²) in [6, 6.07) is 0. The Labute approximate surface area is 59.9 Å². The van der Waals surface area contributed by atoms with Gasteiger partial charge in [-0.25, -0.2) is 0 Å². The highest BCUT2D eigenvalue weighted by Crippen LogP contribution is 2.14. The standard InChI is InChI=1S/C8H8O2/c1-2-5-10-8-4-3-7(9)6-8/h1,6H,3-5H2. The number of ketones is 1. The van der Waals surface area contributed by atoms with Crippen molar-refractivity contribution in [3.05, 3.63) is 11.8 Å². The average Bonchev–Trinajstić information content (AvgIpc) is 2.31. The largest absolute Gasteiger partial charge is 0.485 e. The molecule has 0 aromatic carbocycles. The molecule has 0 N–H and O–H groups in total. The third-order valence-electron chi connectivity index (χ3n) is 1.28. The molecule has 0 atom stereocenters. The molecule has 2 heteroatoms. The number of rotatable bonds is 2. The highest BCUT2D eigenvalue weighted by atomic mass is 16.5. The van der Waals surface area contributed by atoms with Gasteiger partial charge in [0.1, 0.15) is 12.4 Å². The Morgan fingerprint density at radius 3 is 3.00 bits per heavy atom. The minimum Gasteiger partial charge on any atom is -0.485 e. The van der Waals surface area contributed by atoms with Crippen LogP contribution in [0.25, 0.3) is 0 Å². The molecule has 0 saturated carbocycles. The minimum atomic E-state index is 0.132. The van der Waals surface area contributed by atoms with Gasteiger partial charge in [0.05, 0.1) is 0 Å². The summed E-state index contributed by atoms with van der Waals surface area (Å²) in [5, 5.41) is 0. The van der Waals surface area contributed by atoms with Gasteiger partial charge in [-0.15, -0.1) is 6.42 Å². The fraction of sp³-hybridized carbons (Fsp3) is 0.375. The molecule has 1 aliphatic carbocycles. The first-order valence-electron chi connectivity index (χ1n) is 3.12. The number of allylic oxidation sites excluding steroid dienone is 2. The quantitative estimate of drug-likeness (QED) is 0.527. The molecule has 0 unspecified atom stereocenters. The van der Waals surface area contributed by atoms with E-state index in [1.807, 2.05) is 0 Å². The van der Waals surface area contributed by atoms with Gasteiger partial charge in [-0.3, -0.25) is 4.79 Å². The summed E-state index contributed by atoms with van der Waals surface area (Å²) in [5.41, 5.74) is 0. The van der Waals surface area contributed by atoms with Crippen molar-refractivity contribution >= 4 is 5.78 Å². The highest BCUT2D eigenvalue weighted by molar-refractivity contribution is 5.92. The van der Waals surface area contributed by atoms with Crippen LogP contribution in [0.4, 0.5) is 0 Å². The van der Waals surface area contributed by atoms with E-state index in [0.29, 0.717) is 12.8 Å². The summed E-state index contributed by atoms with van der Waals surface area (Å²) >= 11 is 0. The van der Waals surface area contributed by atoms with Gasteiger partial charge < -0.3 is 4.74 Å². The zero-order valence-electron chi connectivity index (χ0n) is 5.59. The van der Waals surface area contributed by atoms with E-state index in [1.165, 1.54) is 6.08 Å². The number of carbonyl (C=O) groups is 1. The molecule has 0 aromatic rings. The molecule has 0 heterocycles. The lowest BCUT2D eigenvalue weighted by Gasteiger charge is -1.98. The third-order valence-corrected chi connectivity index (χ3v) is 1.28. The van der Waals surface area contributed by atoms with Gasteiger partial charge in [-0.2, -0.15) is 0 Å².